The Morgan fingerprint density at radius 3 is 2.66 bits per heavy atom. The number of carbonyl (C=O) groups excluding carboxylic acids is 4. The van der Waals surface area contributed by atoms with E-state index in [4.69, 9.17) is 4.74 Å². The Morgan fingerprint density at radius 2 is 1.88 bits per heavy atom. The number of ether oxygens (including phenoxy) is 1. The Balaban J connectivity index is 1.31. The lowest BCUT2D eigenvalue weighted by molar-refractivity contribution is -0.136. The van der Waals surface area contributed by atoms with Crippen LogP contribution in [-0.4, -0.2) is 62.5 Å². The van der Waals surface area contributed by atoms with E-state index < -0.39 is 29.7 Å². The fourth-order valence-electron chi connectivity index (χ4n) is 5.92. The molecular formula is C30H26N6O5. The van der Waals surface area contributed by atoms with Crippen molar-refractivity contribution in [3.8, 4) is 11.1 Å². The highest BCUT2D eigenvalue weighted by Crippen LogP contribution is 2.39. The SMILES string of the molecule is Cc1cc(-c2cc3c(cnn3[C@@H]3CCOC3)cc2Nc2cccc3c2C(=O)N([C@@H]2CCC(=O)NC2=O)C3=O)ccn1. The van der Waals surface area contributed by atoms with Crippen LogP contribution in [0, 0.1) is 6.92 Å². The number of pyridine rings is 1. The molecule has 0 unspecified atom stereocenters. The molecule has 4 aromatic rings. The van der Waals surface area contributed by atoms with Crippen LogP contribution in [0.5, 0.6) is 0 Å². The molecule has 7 rings (SSSR count). The van der Waals surface area contributed by atoms with Crippen molar-refractivity contribution in [1.29, 1.82) is 0 Å². The number of aromatic nitrogens is 3. The minimum Gasteiger partial charge on any atom is -0.379 e. The van der Waals surface area contributed by atoms with E-state index in [-0.39, 0.29) is 30.0 Å². The molecule has 5 heterocycles. The van der Waals surface area contributed by atoms with Gasteiger partial charge in [0.2, 0.25) is 11.8 Å². The number of aryl methyl sites for hydroxylation is 1. The van der Waals surface area contributed by atoms with Gasteiger partial charge in [0.25, 0.3) is 11.8 Å². The molecule has 2 saturated heterocycles. The zero-order chi connectivity index (χ0) is 28.2. The van der Waals surface area contributed by atoms with Gasteiger partial charge in [-0.25, -0.2) is 0 Å². The normalized spacial score (nSPS) is 20.6. The topological polar surface area (TPSA) is 136 Å². The van der Waals surface area contributed by atoms with E-state index in [0.717, 1.165) is 44.7 Å². The van der Waals surface area contributed by atoms with Gasteiger partial charge in [-0.2, -0.15) is 5.10 Å². The molecule has 2 N–H and O–H groups in total. The first-order valence-corrected chi connectivity index (χ1v) is 13.5. The summed E-state index contributed by atoms with van der Waals surface area (Å²) in [6.07, 6.45) is 4.61. The van der Waals surface area contributed by atoms with E-state index in [9.17, 15) is 19.2 Å². The standard InChI is InChI=1S/C30H26N6O5/c1-16-11-17(7-9-31-16)21-13-25-18(14-32-36(25)19-8-10-41-15-19)12-23(21)33-22-4-2-3-20-27(22)30(40)35(29(20)39)24-5-6-26(37)34-28(24)38/h2-4,7,9,11-14,19,24,33H,5-6,8,10,15H2,1H3,(H,34,37,38)/t19-,24-/m1/s1. The predicted molar refractivity (Wildman–Crippen MR) is 149 cm³/mol. The summed E-state index contributed by atoms with van der Waals surface area (Å²) in [5.74, 6) is -2.18. The summed E-state index contributed by atoms with van der Waals surface area (Å²) in [5.41, 5.74) is 5.19. The van der Waals surface area contributed by atoms with E-state index in [1.807, 2.05) is 36.0 Å². The van der Waals surface area contributed by atoms with Gasteiger partial charge >= 0.3 is 0 Å². The summed E-state index contributed by atoms with van der Waals surface area (Å²) in [5, 5.41) is 11.2. The number of nitrogens with zero attached hydrogens (tertiary/aromatic N) is 4. The Morgan fingerprint density at radius 1 is 1.00 bits per heavy atom. The van der Waals surface area contributed by atoms with Crippen LogP contribution in [0.1, 0.15) is 51.7 Å². The van der Waals surface area contributed by atoms with Gasteiger partial charge in [0.1, 0.15) is 6.04 Å². The number of hydrogen-bond donors (Lipinski definition) is 2. The maximum absolute atomic E-state index is 13.7. The van der Waals surface area contributed by atoms with Crippen molar-refractivity contribution < 1.29 is 23.9 Å². The van der Waals surface area contributed by atoms with Crippen LogP contribution in [0.15, 0.2) is 54.9 Å². The van der Waals surface area contributed by atoms with Gasteiger partial charge < -0.3 is 10.1 Å². The van der Waals surface area contributed by atoms with Gasteiger partial charge in [0, 0.05) is 41.6 Å². The monoisotopic (exact) mass is 550 g/mol. The summed E-state index contributed by atoms with van der Waals surface area (Å²) in [6.45, 7) is 3.23. The fourth-order valence-corrected chi connectivity index (χ4v) is 5.92. The maximum atomic E-state index is 13.7. The number of rotatable bonds is 5. The van der Waals surface area contributed by atoms with E-state index in [1.165, 1.54) is 0 Å². The second-order valence-corrected chi connectivity index (χ2v) is 10.5. The summed E-state index contributed by atoms with van der Waals surface area (Å²) in [4.78, 5) is 56.6. The Hall–Kier alpha value is -4.90. The van der Waals surface area contributed by atoms with Crippen molar-refractivity contribution in [3.05, 3.63) is 71.7 Å². The van der Waals surface area contributed by atoms with Gasteiger partial charge in [0.15, 0.2) is 0 Å². The number of fused-ring (bicyclic) bond motifs is 2. The Kier molecular flexibility index (Phi) is 5.89. The van der Waals surface area contributed by atoms with Crippen molar-refractivity contribution in [2.75, 3.05) is 18.5 Å². The molecule has 2 fully saturated rings. The number of imide groups is 2. The van der Waals surface area contributed by atoms with Crippen LogP contribution < -0.4 is 10.6 Å². The van der Waals surface area contributed by atoms with Gasteiger partial charge in [-0.15, -0.1) is 0 Å². The molecule has 11 heteroatoms. The van der Waals surface area contributed by atoms with E-state index >= 15 is 0 Å². The first-order valence-electron chi connectivity index (χ1n) is 13.5. The van der Waals surface area contributed by atoms with Gasteiger partial charge in [0.05, 0.1) is 41.2 Å². The van der Waals surface area contributed by atoms with Crippen molar-refractivity contribution in [3.63, 3.8) is 0 Å². The summed E-state index contributed by atoms with van der Waals surface area (Å²) < 4.78 is 7.61. The first kappa shape index (κ1) is 25.1. The molecule has 4 amide bonds. The van der Waals surface area contributed by atoms with Crippen molar-refractivity contribution in [2.24, 2.45) is 0 Å². The molecule has 0 saturated carbocycles. The lowest BCUT2D eigenvalue weighted by Crippen LogP contribution is -2.54. The highest BCUT2D eigenvalue weighted by molar-refractivity contribution is 6.25. The molecular weight excluding hydrogens is 524 g/mol. The molecule has 2 aromatic carbocycles. The smallest absolute Gasteiger partial charge is 0.264 e. The Bertz CT molecular complexity index is 1770. The number of benzene rings is 2. The van der Waals surface area contributed by atoms with Crippen molar-refractivity contribution in [2.45, 2.75) is 38.3 Å². The molecule has 2 aromatic heterocycles. The third-order valence-corrected chi connectivity index (χ3v) is 7.93. The predicted octanol–water partition coefficient (Wildman–Crippen LogP) is 3.51. The highest BCUT2D eigenvalue weighted by Gasteiger charge is 2.45. The zero-order valence-electron chi connectivity index (χ0n) is 22.2. The minimum atomic E-state index is -1.04. The molecule has 2 atom stereocenters. The summed E-state index contributed by atoms with van der Waals surface area (Å²) >= 11 is 0. The van der Waals surface area contributed by atoms with Crippen molar-refractivity contribution in [1.82, 2.24) is 25.0 Å². The molecule has 11 nitrogen and oxygen atoms in total. The van der Waals surface area contributed by atoms with Crippen molar-refractivity contribution >= 4 is 45.9 Å². The molecule has 0 spiro atoms. The zero-order valence-corrected chi connectivity index (χ0v) is 22.2. The number of anilines is 2. The maximum Gasteiger partial charge on any atom is 0.264 e. The number of hydrogen-bond acceptors (Lipinski definition) is 8. The molecule has 3 aliphatic heterocycles. The van der Waals surface area contributed by atoms with Gasteiger partial charge in [-0.1, -0.05) is 6.07 Å². The molecule has 0 radical (unpaired) electrons. The summed E-state index contributed by atoms with van der Waals surface area (Å²) in [7, 11) is 0. The number of piperidine rings is 1. The first-order chi connectivity index (χ1) is 19.9. The quantitative estimate of drug-likeness (QED) is 0.361. The molecule has 3 aliphatic rings. The van der Waals surface area contributed by atoms with Crippen LogP contribution in [-0.2, 0) is 14.3 Å². The molecule has 0 aliphatic carbocycles. The Labute approximate surface area is 234 Å². The average Bonchev–Trinajstić information content (AvgIpc) is 3.68. The van der Waals surface area contributed by atoms with Gasteiger partial charge in [-0.3, -0.25) is 39.1 Å². The van der Waals surface area contributed by atoms with Crippen LogP contribution in [0.25, 0.3) is 22.0 Å². The van der Waals surface area contributed by atoms with Crippen LogP contribution in [0.2, 0.25) is 0 Å². The minimum absolute atomic E-state index is 0.0598. The second-order valence-electron chi connectivity index (χ2n) is 10.5. The number of nitrogens with one attached hydrogen (secondary N) is 2. The van der Waals surface area contributed by atoms with E-state index in [1.54, 1.807) is 24.4 Å². The lowest BCUT2D eigenvalue weighted by Gasteiger charge is -2.27. The molecule has 0 bridgehead atoms. The second kappa shape index (κ2) is 9.63. The molecule has 41 heavy (non-hydrogen) atoms. The average molecular weight is 551 g/mol. The molecule has 206 valence electrons. The largest absolute Gasteiger partial charge is 0.379 e. The van der Waals surface area contributed by atoms with E-state index in [0.29, 0.717) is 18.9 Å². The number of amides is 4. The fraction of sp³-hybridized carbons (Fsp3) is 0.267. The summed E-state index contributed by atoms with van der Waals surface area (Å²) in [6, 6.07) is 12.1. The third kappa shape index (κ3) is 4.16. The lowest BCUT2D eigenvalue weighted by atomic mass is 10.0. The third-order valence-electron chi connectivity index (χ3n) is 7.93. The van der Waals surface area contributed by atoms with Crippen LogP contribution in [0.3, 0.4) is 0 Å². The van der Waals surface area contributed by atoms with Crippen LogP contribution in [0.4, 0.5) is 11.4 Å². The van der Waals surface area contributed by atoms with Gasteiger partial charge in [-0.05, 0) is 61.7 Å². The van der Waals surface area contributed by atoms with E-state index in [2.05, 4.69) is 26.8 Å². The number of carbonyl (C=O) groups is 4. The van der Waals surface area contributed by atoms with Crippen LogP contribution >= 0.6 is 0 Å². The highest BCUT2D eigenvalue weighted by atomic mass is 16.5.